The summed E-state index contributed by atoms with van der Waals surface area (Å²) in [4.78, 5) is 0. The standard InChI is InChI=1S/C14H31N.Cl4Te/c1-2-3-4-5-6-7-8-9-10-11-12-13-14-15;1-5(2,3)4/h2-15H2,1H3;. The Morgan fingerprint density at radius 1 is 0.600 bits per heavy atom. The molecule has 2 N–H and O–H groups in total. The molecule has 0 aromatic rings. The Balaban J connectivity index is 0. The van der Waals surface area contributed by atoms with Crippen LogP contribution in [0.4, 0.5) is 0 Å². The van der Waals surface area contributed by atoms with Gasteiger partial charge in [0.05, 0.1) is 0 Å². The van der Waals surface area contributed by atoms with Crippen LogP contribution < -0.4 is 5.73 Å². The Morgan fingerprint density at radius 3 is 1.10 bits per heavy atom. The Bertz CT molecular complexity index is 159. The molecule has 0 radical (unpaired) electrons. The Morgan fingerprint density at radius 2 is 0.850 bits per heavy atom. The van der Waals surface area contributed by atoms with Gasteiger partial charge in [0, 0.05) is 0 Å². The van der Waals surface area contributed by atoms with Crippen molar-refractivity contribution in [2.75, 3.05) is 6.54 Å². The minimum absolute atomic E-state index is 0.872. The first-order chi connectivity index (χ1) is 9.41. The average molecular weight is 483 g/mol. The second kappa shape index (κ2) is 19.0. The number of hydrogen-bond acceptors (Lipinski definition) is 1. The summed E-state index contributed by atoms with van der Waals surface area (Å²) < 4.78 is 0. The van der Waals surface area contributed by atoms with Crippen LogP contribution >= 0.6 is 35.9 Å². The molecule has 1 nitrogen and oxygen atoms in total. The molecule has 0 bridgehead atoms. The zero-order valence-corrected chi connectivity index (χ0v) is 18.0. The van der Waals surface area contributed by atoms with Gasteiger partial charge >= 0.3 is 49.6 Å². The number of nitrogens with two attached hydrogens (primary N) is 1. The fourth-order valence-corrected chi connectivity index (χ4v) is 1.99. The molecule has 0 fully saturated rings. The normalized spacial score (nSPS) is 11.9. The third-order valence-corrected chi connectivity index (χ3v) is 3.06. The minimum atomic E-state index is -3.13. The summed E-state index contributed by atoms with van der Waals surface area (Å²) in [6, 6.07) is 0. The topological polar surface area (TPSA) is 26.0 Å². The SMILES string of the molecule is CCCCCCCCCCCCCCN.Cl[Te](Cl)(Cl)Cl. The molecule has 126 valence electrons. The van der Waals surface area contributed by atoms with Gasteiger partial charge in [0.15, 0.2) is 0 Å². The molecule has 0 saturated heterocycles. The van der Waals surface area contributed by atoms with Crippen molar-refractivity contribution < 1.29 is 0 Å². The molecule has 0 aromatic carbocycles. The number of halogens is 4. The van der Waals surface area contributed by atoms with E-state index in [1.54, 1.807) is 0 Å². The fraction of sp³-hybridized carbons (Fsp3) is 1.00. The molecule has 0 aromatic heterocycles. The zero-order chi connectivity index (χ0) is 15.7. The molecule has 0 amide bonds. The third-order valence-electron chi connectivity index (χ3n) is 3.06. The van der Waals surface area contributed by atoms with E-state index in [2.05, 4.69) is 6.92 Å². The first-order valence-corrected chi connectivity index (χ1v) is 19.5. The Kier molecular flexibility index (Phi) is 22.9. The molecule has 0 atom stereocenters. The van der Waals surface area contributed by atoms with E-state index in [1.807, 2.05) is 0 Å². The second-order valence-electron chi connectivity index (χ2n) is 5.03. The molecular formula is C14H31Cl4NTe. The van der Waals surface area contributed by atoms with E-state index in [1.165, 1.54) is 77.0 Å². The molecule has 0 aliphatic rings. The Hall–Kier alpha value is 1.91. The number of hydrogen-bond donors (Lipinski definition) is 1. The van der Waals surface area contributed by atoms with Crippen LogP contribution in [0.2, 0.25) is 0 Å². The van der Waals surface area contributed by atoms with Gasteiger partial charge in [-0.25, -0.2) is 0 Å². The van der Waals surface area contributed by atoms with Crippen LogP contribution in [-0.4, -0.2) is 20.2 Å². The van der Waals surface area contributed by atoms with E-state index < -0.39 is 13.7 Å². The predicted octanol–water partition coefficient (Wildman–Crippen LogP) is 7.02. The van der Waals surface area contributed by atoms with Gasteiger partial charge in [-0.3, -0.25) is 0 Å². The van der Waals surface area contributed by atoms with Crippen molar-refractivity contribution in [2.24, 2.45) is 5.73 Å². The van der Waals surface area contributed by atoms with Crippen LogP contribution in [0, 0.1) is 0 Å². The Labute approximate surface area is 145 Å². The van der Waals surface area contributed by atoms with Crippen molar-refractivity contribution >= 4 is 49.6 Å². The van der Waals surface area contributed by atoms with Crippen LogP contribution in [0.15, 0.2) is 0 Å². The summed E-state index contributed by atoms with van der Waals surface area (Å²) in [5.41, 5.74) is 5.45. The molecular weight excluding hydrogens is 452 g/mol. The molecule has 0 heterocycles. The molecule has 0 aliphatic carbocycles. The predicted molar refractivity (Wildman–Crippen MR) is 99.3 cm³/mol. The van der Waals surface area contributed by atoms with Crippen molar-refractivity contribution in [3.63, 3.8) is 0 Å². The van der Waals surface area contributed by atoms with E-state index >= 15 is 0 Å². The van der Waals surface area contributed by atoms with Crippen molar-refractivity contribution in [2.45, 2.75) is 84.0 Å². The van der Waals surface area contributed by atoms with Crippen LogP contribution in [-0.2, 0) is 0 Å². The molecule has 6 heteroatoms. The first-order valence-electron chi connectivity index (χ1n) is 7.73. The van der Waals surface area contributed by atoms with Gasteiger partial charge < -0.3 is 5.73 Å². The quantitative estimate of drug-likeness (QED) is 0.235. The van der Waals surface area contributed by atoms with Gasteiger partial charge in [-0.05, 0) is 13.0 Å². The van der Waals surface area contributed by atoms with E-state index in [9.17, 15) is 0 Å². The molecule has 0 unspecified atom stereocenters. The van der Waals surface area contributed by atoms with Gasteiger partial charge in [-0.2, -0.15) is 0 Å². The zero-order valence-electron chi connectivity index (χ0n) is 12.7. The maximum absolute atomic E-state index is 5.45. The van der Waals surface area contributed by atoms with E-state index in [0.717, 1.165) is 6.54 Å². The van der Waals surface area contributed by atoms with E-state index in [4.69, 9.17) is 41.6 Å². The molecule has 0 spiro atoms. The van der Waals surface area contributed by atoms with Crippen molar-refractivity contribution in [1.29, 1.82) is 0 Å². The van der Waals surface area contributed by atoms with Crippen LogP contribution in [0.1, 0.15) is 84.0 Å². The summed E-state index contributed by atoms with van der Waals surface area (Å²) >= 11 is -3.13. The van der Waals surface area contributed by atoms with Crippen molar-refractivity contribution in [3.05, 3.63) is 0 Å². The van der Waals surface area contributed by atoms with E-state index in [-0.39, 0.29) is 0 Å². The summed E-state index contributed by atoms with van der Waals surface area (Å²) in [7, 11) is 20.1. The van der Waals surface area contributed by atoms with Crippen LogP contribution in [0.5, 0.6) is 0 Å². The number of rotatable bonds is 12. The van der Waals surface area contributed by atoms with Gasteiger partial charge in [-0.15, -0.1) is 0 Å². The van der Waals surface area contributed by atoms with Crippen LogP contribution in [0.3, 0.4) is 0 Å². The van der Waals surface area contributed by atoms with Gasteiger partial charge in [0.2, 0.25) is 0 Å². The van der Waals surface area contributed by atoms with Crippen molar-refractivity contribution in [3.8, 4) is 0 Å². The van der Waals surface area contributed by atoms with Gasteiger partial charge in [0.1, 0.15) is 0 Å². The second-order valence-corrected chi connectivity index (χ2v) is 25.8. The summed E-state index contributed by atoms with van der Waals surface area (Å²) in [5.74, 6) is 0. The van der Waals surface area contributed by atoms with E-state index in [0.29, 0.717) is 0 Å². The molecule has 20 heavy (non-hydrogen) atoms. The fourth-order valence-electron chi connectivity index (χ4n) is 1.99. The van der Waals surface area contributed by atoms with Gasteiger partial charge in [0.25, 0.3) is 0 Å². The number of unbranched alkanes of at least 4 members (excludes halogenated alkanes) is 11. The summed E-state index contributed by atoms with van der Waals surface area (Å²) in [5, 5.41) is 0. The molecule has 0 aliphatic heterocycles. The monoisotopic (exact) mass is 483 g/mol. The molecule has 0 rings (SSSR count). The third kappa shape index (κ3) is 36.8. The average Bonchev–Trinajstić information content (AvgIpc) is 2.34. The van der Waals surface area contributed by atoms with Gasteiger partial charge in [-0.1, -0.05) is 77.6 Å². The molecule has 0 saturated carbocycles. The maximum atomic E-state index is 5.45. The summed E-state index contributed by atoms with van der Waals surface area (Å²) in [6.45, 7) is 3.15. The van der Waals surface area contributed by atoms with Crippen molar-refractivity contribution in [1.82, 2.24) is 0 Å². The first kappa shape index (κ1) is 24.2. The van der Waals surface area contributed by atoms with Crippen LogP contribution in [0.25, 0.3) is 0 Å². The summed E-state index contributed by atoms with van der Waals surface area (Å²) in [6.07, 6.45) is 16.9.